The number of quaternary nitrogens is 1. The Morgan fingerprint density at radius 3 is 1.35 bits per heavy atom. The van der Waals surface area contributed by atoms with Crippen molar-refractivity contribution in [1.82, 2.24) is 0 Å². The topological polar surface area (TPSA) is 40.1 Å². The molecule has 0 heterocycles. The van der Waals surface area contributed by atoms with Gasteiger partial charge in [0.25, 0.3) is 0 Å². The fourth-order valence-electron chi connectivity index (χ4n) is 3.51. The van der Waals surface area contributed by atoms with Gasteiger partial charge in [-0.15, -0.1) is 0 Å². The Kier molecular flexibility index (Phi) is 14.3. The molecule has 1 aromatic rings. The van der Waals surface area contributed by atoms with E-state index < -0.39 is 40.6 Å². The van der Waals surface area contributed by atoms with Crippen LogP contribution in [0, 0.1) is 29.1 Å². The van der Waals surface area contributed by atoms with Crippen LogP contribution >= 0.6 is 0 Å². The Morgan fingerprint density at radius 1 is 0.645 bits per heavy atom. The first-order valence-electron chi connectivity index (χ1n) is 11.2. The van der Waals surface area contributed by atoms with Gasteiger partial charge in [-0.05, 0) is 33.6 Å². The van der Waals surface area contributed by atoms with Gasteiger partial charge in [-0.1, -0.05) is 45.4 Å². The molecule has 0 unspecified atom stereocenters. The van der Waals surface area contributed by atoms with Crippen LogP contribution in [0.1, 0.15) is 89.4 Å². The van der Waals surface area contributed by atoms with Crippen molar-refractivity contribution in [3.8, 4) is 0 Å². The average Bonchev–Trinajstić information content (AvgIpc) is 2.76. The first-order chi connectivity index (χ1) is 14.6. The van der Waals surface area contributed by atoms with Crippen molar-refractivity contribution in [2.45, 2.75) is 79.1 Å². The van der Waals surface area contributed by atoms with Crippen molar-refractivity contribution in [1.29, 1.82) is 0 Å². The Labute approximate surface area is 182 Å². The molecule has 0 aliphatic carbocycles. The maximum absolute atomic E-state index is 12.5. The average molecular weight is 454 g/mol. The zero-order valence-electron chi connectivity index (χ0n) is 19.1. The quantitative estimate of drug-likeness (QED) is 0.125. The number of benzene rings is 1. The second kappa shape index (κ2) is 15.2. The number of carboxylic acids is 1. The van der Waals surface area contributed by atoms with E-state index in [1.807, 2.05) is 0 Å². The lowest BCUT2D eigenvalue weighted by atomic mass is 10.1. The predicted molar refractivity (Wildman–Crippen MR) is 110 cm³/mol. The molecule has 0 N–H and O–H groups in total. The molecule has 0 aliphatic heterocycles. The Hall–Kier alpha value is -1.70. The molecular formula is C23H36F5NO2. The van der Waals surface area contributed by atoms with Crippen LogP contribution in [0.15, 0.2) is 0 Å². The Morgan fingerprint density at radius 2 is 1.00 bits per heavy atom. The summed E-state index contributed by atoms with van der Waals surface area (Å²) in [7, 11) is 0. The van der Waals surface area contributed by atoms with E-state index in [1.165, 1.54) is 82.0 Å². The number of carboxylic acid groups (broad SMARTS) is 1. The maximum Gasteiger partial charge on any atom is 0.200 e. The first kappa shape index (κ1) is 29.3. The fourth-order valence-corrected chi connectivity index (χ4v) is 3.51. The first-order valence-corrected chi connectivity index (χ1v) is 11.2. The van der Waals surface area contributed by atoms with Crippen molar-refractivity contribution in [2.24, 2.45) is 0 Å². The number of rotatable bonds is 13. The van der Waals surface area contributed by atoms with Crippen LogP contribution in [-0.2, 0) is 0 Å². The highest BCUT2D eigenvalue weighted by Gasteiger charge is 2.26. The summed E-state index contributed by atoms with van der Waals surface area (Å²) < 4.78 is 63.3. The summed E-state index contributed by atoms with van der Waals surface area (Å²) in [5, 5.41) is 10.0. The van der Waals surface area contributed by atoms with E-state index in [0.717, 1.165) is 0 Å². The van der Waals surface area contributed by atoms with Crippen LogP contribution in [0.2, 0.25) is 0 Å². The summed E-state index contributed by atoms with van der Waals surface area (Å²) >= 11 is 0. The molecule has 0 saturated carbocycles. The zero-order valence-corrected chi connectivity index (χ0v) is 19.1. The van der Waals surface area contributed by atoms with E-state index in [4.69, 9.17) is 0 Å². The second-order valence-electron chi connectivity index (χ2n) is 7.72. The van der Waals surface area contributed by atoms with Crippen molar-refractivity contribution in [3.63, 3.8) is 0 Å². The van der Waals surface area contributed by atoms with Gasteiger partial charge in [0.15, 0.2) is 23.3 Å². The largest absolute Gasteiger partial charge is 0.545 e. The van der Waals surface area contributed by atoms with E-state index in [1.54, 1.807) is 0 Å². The molecule has 0 radical (unpaired) electrons. The minimum absolute atomic E-state index is 1.31. The van der Waals surface area contributed by atoms with Gasteiger partial charge in [0.05, 0.1) is 37.7 Å². The second-order valence-corrected chi connectivity index (χ2v) is 7.72. The van der Waals surface area contributed by atoms with E-state index in [2.05, 4.69) is 27.7 Å². The lowest BCUT2D eigenvalue weighted by Crippen LogP contribution is -2.48. The molecule has 3 nitrogen and oxygen atoms in total. The van der Waals surface area contributed by atoms with Crippen LogP contribution in [0.5, 0.6) is 0 Å². The third kappa shape index (κ3) is 9.13. The van der Waals surface area contributed by atoms with E-state index >= 15 is 0 Å². The molecule has 0 spiro atoms. The molecule has 0 fully saturated rings. The smallest absolute Gasteiger partial charge is 0.200 e. The maximum atomic E-state index is 12.5. The summed E-state index contributed by atoms with van der Waals surface area (Å²) in [6.07, 6.45) is 11.5. The highest BCUT2D eigenvalue weighted by atomic mass is 19.2. The number of unbranched alkanes of at least 4 members (excludes halogenated alkanes) is 7. The van der Waals surface area contributed by atoms with Gasteiger partial charge in [0.2, 0.25) is 5.82 Å². The summed E-state index contributed by atoms with van der Waals surface area (Å²) in [5.41, 5.74) is -1.97. The Bertz CT molecular complexity index is 641. The molecule has 8 heteroatoms. The fraction of sp³-hybridized carbons (Fsp3) is 0.696. The zero-order chi connectivity index (χ0) is 24.0. The molecule has 31 heavy (non-hydrogen) atoms. The summed E-state index contributed by atoms with van der Waals surface area (Å²) in [5.74, 6) is -14.4. The molecule has 180 valence electrons. The number of carbonyl (C=O) groups is 1. The third-order valence-corrected chi connectivity index (χ3v) is 5.91. The van der Waals surface area contributed by atoms with E-state index in [9.17, 15) is 31.9 Å². The monoisotopic (exact) mass is 453 g/mol. The standard InChI is InChI=1S/C16H36N.C7HF5O2/c1-5-9-10-11-12-13-14-15-16-17(6-2,7-3)8-4;8-2-1(7(13)14)3(9)5(11)6(12)4(2)10/h5-16H2,1-4H3;(H,13,14)/q+1;/p-1. The van der Waals surface area contributed by atoms with Gasteiger partial charge in [-0.3, -0.25) is 0 Å². The van der Waals surface area contributed by atoms with Crippen molar-refractivity contribution < 1.29 is 36.3 Å². The van der Waals surface area contributed by atoms with E-state index in [0.29, 0.717) is 0 Å². The van der Waals surface area contributed by atoms with E-state index in [-0.39, 0.29) is 0 Å². The molecule has 1 aromatic carbocycles. The number of hydrogen-bond acceptors (Lipinski definition) is 2. The predicted octanol–water partition coefficient (Wildman–Crippen LogP) is 5.75. The molecule has 0 bridgehead atoms. The van der Waals surface area contributed by atoms with Crippen LogP contribution in [0.3, 0.4) is 0 Å². The van der Waals surface area contributed by atoms with Gasteiger partial charge >= 0.3 is 0 Å². The molecule has 0 aliphatic rings. The van der Waals surface area contributed by atoms with Crippen LogP contribution in [-0.4, -0.2) is 36.6 Å². The van der Waals surface area contributed by atoms with Crippen LogP contribution in [0.25, 0.3) is 0 Å². The van der Waals surface area contributed by atoms with Gasteiger partial charge in [0, 0.05) is 0 Å². The molecule has 1 rings (SSSR count). The molecule has 0 atom stereocenters. The lowest BCUT2D eigenvalue weighted by Gasteiger charge is -2.35. The van der Waals surface area contributed by atoms with Crippen LogP contribution in [0.4, 0.5) is 22.0 Å². The van der Waals surface area contributed by atoms with Crippen molar-refractivity contribution in [2.75, 3.05) is 26.2 Å². The lowest BCUT2D eigenvalue weighted by molar-refractivity contribution is -0.923. The molecule has 0 saturated heterocycles. The minimum atomic E-state index is -2.47. The molecule has 0 amide bonds. The van der Waals surface area contributed by atoms with Gasteiger partial charge < -0.3 is 14.4 Å². The highest BCUT2D eigenvalue weighted by molar-refractivity contribution is 5.86. The molecular weight excluding hydrogens is 417 g/mol. The Balaban J connectivity index is 0.000000590. The summed E-state index contributed by atoms with van der Waals surface area (Å²) in [4.78, 5) is 10.0. The highest BCUT2D eigenvalue weighted by Crippen LogP contribution is 2.22. The van der Waals surface area contributed by atoms with Crippen LogP contribution < -0.4 is 5.11 Å². The van der Waals surface area contributed by atoms with Gasteiger partial charge in [0.1, 0.15) is 0 Å². The third-order valence-electron chi connectivity index (χ3n) is 5.91. The number of hydrogen-bond donors (Lipinski definition) is 0. The number of aromatic carboxylic acids is 1. The molecule has 0 aromatic heterocycles. The summed E-state index contributed by atoms with van der Waals surface area (Å²) in [6, 6.07) is 0. The SMILES string of the molecule is CCCCCCCCCC[N+](CC)(CC)CC.O=C([O-])c1c(F)c(F)c(F)c(F)c1F. The number of nitrogens with zero attached hydrogens (tertiary/aromatic N) is 1. The van der Waals surface area contributed by atoms with Crippen molar-refractivity contribution >= 4 is 5.97 Å². The number of halogens is 5. The van der Waals surface area contributed by atoms with Crippen molar-refractivity contribution in [3.05, 3.63) is 34.6 Å². The normalized spacial score (nSPS) is 11.3. The van der Waals surface area contributed by atoms with Gasteiger partial charge in [-0.2, -0.15) is 0 Å². The summed E-state index contributed by atoms with van der Waals surface area (Å²) in [6.45, 7) is 14.7. The minimum Gasteiger partial charge on any atom is -0.545 e. The van der Waals surface area contributed by atoms with Gasteiger partial charge in [-0.25, -0.2) is 22.0 Å². The number of carbonyl (C=O) groups excluding carboxylic acids is 1.